The highest BCUT2D eigenvalue weighted by Gasteiger charge is 2.22. The van der Waals surface area contributed by atoms with Crippen LogP contribution in [0.4, 0.5) is 0 Å². The van der Waals surface area contributed by atoms with Crippen LogP contribution in [-0.2, 0) is 5.75 Å². The molecule has 0 saturated carbocycles. The Kier molecular flexibility index (Phi) is 2.52. The van der Waals surface area contributed by atoms with Gasteiger partial charge in [0.05, 0.1) is 0 Å². The van der Waals surface area contributed by atoms with Crippen LogP contribution in [0.5, 0.6) is 0 Å². The molecule has 0 amide bonds. The monoisotopic (exact) mass is 240 g/mol. The second-order valence-electron chi connectivity index (χ2n) is 4.22. The van der Waals surface area contributed by atoms with Gasteiger partial charge in [-0.2, -0.15) is 0 Å². The quantitative estimate of drug-likeness (QED) is 0.696. The summed E-state index contributed by atoms with van der Waals surface area (Å²) in [6, 6.07) is 14.0. The first-order valence-corrected chi connectivity index (χ1v) is 6.61. The zero-order valence-corrected chi connectivity index (χ0v) is 10.4. The van der Waals surface area contributed by atoms with E-state index in [1.807, 2.05) is 49.4 Å². The third-order valence-electron chi connectivity index (χ3n) is 3.11. The Balaban J connectivity index is 2.26. The largest absolute Gasteiger partial charge is 0.289 e. The van der Waals surface area contributed by atoms with Gasteiger partial charge in [0.25, 0.3) is 0 Å². The fraction of sp³-hybridized carbons (Fsp3) is 0.133. The van der Waals surface area contributed by atoms with E-state index in [1.165, 1.54) is 0 Å². The van der Waals surface area contributed by atoms with Gasteiger partial charge in [0.15, 0.2) is 5.78 Å². The maximum atomic E-state index is 12.5. The summed E-state index contributed by atoms with van der Waals surface area (Å²) < 4.78 is 0. The summed E-state index contributed by atoms with van der Waals surface area (Å²) in [5, 5.41) is 0. The normalized spacial score (nSPS) is 13.8. The lowest BCUT2D eigenvalue weighted by Crippen LogP contribution is -2.05. The SMILES string of the molecule is Cc1cccc2c1C(=O)c1ccccc1CS2. The van der Waals surface area contributed by atoms with Crippen molar-refractivity contribution in [2.24, 2.45) is 0 Å². The molecule has 0 fully saturated rings. The van der Waals surface area contributed by atoms with E-state index in [-0.39, 0.29) is 5.78 Å². The van der Waals surface area contributed by atoms with E-state index in [0.717, 1.165) is 32.9 Å². The Morgan fingerprint density at radius 3 is 2.76 bits per heavy atom. The van der Waals surface area contributed by atoms with Gasteiger partial charge in [-0.25, -0.2) is 0 Å². The molecule has 2 aromatic rings. The Morgan fingerprint density at radius 1 is 1.06 bits per heavy atom. The van der Waals surface area contributed by atoms with Crippen molar-refractivity contribution in [1.82, 2.24) is 0 Å². The molecule has 0 saturated heterocycles. The number of aryl methyl sites for hydroxylation is 1. The molecule has 3 rings (SSSR count). The van der Waals surface area contributed by atoms with Gasteiger partial charge >= 0.3 is 0 Å². The summed E-state index contributed by atoms with van der Waals surface area (Å²) >= 11 is 1.75. The number of hydrogen-bond acceptors (Lipinski definition) is 2. The van der Waals surface area contributed by atoms with Gasteiger partial charge in [0.2, 0.25) is 0 Å². The standard InChI is InChI=1S/C15H12OS/c1-10-5-4-8-13-14(10)15(16)12-7-3-2-6-11(12)9-17-13/h2-8H,9H2,1H3. The van der Waals surface area contributed by atoms with Gasteiger partial charge in [-0.05, 0) is 24.1 Å². The predicted molar refractivity (Wildman–Crippen MR) is 70.6 cm³/mol. The maximum Gasteiger partial charge on any atom is 0.194 e. The second kappa shape index (κ2) is 4.04. The molecule has 0 unspecified atom stereocenters. The number of thioether (sulfide) groups is 1. The maximum absolute atomic E-state index is 12.5. The summed E-state index contributed by atoms with van der Waals surface area (Å²) in [6.07, 6.45) is 0. The molecule has 1 nitrogen and oxygen atoms in total. The van der Waals surface area contributed by atoms with Crippen molar-refractivity contribution in [2.75, 3.05) is 0 Å². The van der Waals surface area contributed by atoms with Crippen molar-refractivity contribution in [3.05, 3.63) is 64.7 Å². The molecule has 0 radical (unpaired) electrons. The van der Waals surface area contributed by atoms with Crippen molar-refractivity contribution in [1.29, 1.82) is 0 Å². The third-order valence-corrected chi connectivity index (χ3v) is 4.21. The Bertz CT molecular complexity index is 602. The van der Waals surface area contributed by atoms with Crippen LogP contribution in [0.15, 0.2) is 47.4 Å². The van der Waals surface area contributed by atoms with Crippen LogP contribution in [0, 0.1) is 6.92 Å². The highest BCUT2D eigenvalue weighted by atomic mass is 32.2. The predicted octanol–water partition coefficient (Wildman–Crippen LogP) is 3.83. The van der Waals surface area contributed by atoms with Crippen LogP contribution < -0.4 is 0 Å². The first-order valence-electron chi connectivity index (χ1n) is 5.62. The van der Waals surface area contributed by atoms with Crippen molar-refractivity contribution >= 4 is 17.5 Å². The van der Waals surface area contributed by atoms with E-state index in [2.05, 4.69) is 0 Å². The van der Waals surface area contributed by atoms with Crippen LogP contribution in [0.2, 0.25) is 0 Å². The van der Waals surface area contributed by atoms with E-state index in [0.29, 0.717) is 0 Å². The minimum atomic E-state index is 0.165. The number of carbonyl (C=O) groups excluding carboxylic acids is 1. The first-order chi connectivity index (χ1) is 8.27. The lowest BCUT2D eigenvalue weighted by atomic mass is 9.96. The summed E-state index contributed by atoms with van der Waals surface area (Å²) in [7, 11) is 0. The molecule has 0 spiro atoms. The van der Waals surface area contributed by atoms with Crippen LogP contribution in [0.1, 0.15) is 27.0 Å². The van der Waals surface area contributed by atoms with Gasteiger partial charge in [0.1, 0.15) is 0 Å². The molecule has 1 heterocycles. The van der Waals surface area contributed by atoms with Crippen molar-refractivity contribution in [2.45, 2.75) is 17.6 Å². The fourth-order valence-electron chi connectivity index (χ4n) is 2.21. The first kappa shape index (κ1) is 10.6. The molecule has 0 aromatic heterocycles. The average Bonchev–Trinajstić information content (AvgIpc) is 2.49. The number of ketones is 1. The average molecular weight is 240 g/mol. The minimum absolute atomic E-state index is 0.165. The summed E-state index contributed by atoms with van der Waals surface area (Å²) in [5.41, 5.74) is 3.94. The summed E-state index contributed by atoms with van der Waals surface area (Å²) in [4.78, 5) is 13.6. The molecule has 0 bridgehead atoms. The van der Waals surface area contributed by atoms with E-state index in [9.17, 15) is 4.79 Å². The van der Waals surface area contributed by atoms with Crippen molar-refractivity contribution in [3.63, 3.8) is 0 Å². The van der Waals surface area contributed by atoms with Gasteiger partial charge in [-0.15, -0.1) is 11.8 Å². The molecule has 84 valence electrons. The molecule has 0 atom stereocenters. The molecule has 2 aromatic carbocycles. The van der Waals surface area contributed by atoms with Gasteiger partial charge < -0.3 is 0 Å². The highest BCUT2D eigenvalue weighted by Crippen LogP contribution is 2.34. The van der Waals surface area contributed by atoms with Crippen LogP contribution >= 0.6 is 11.8 Å². The number of carbonyl (C=O) groups is 1. The van der Waals surface area contributed by atoms with E-state index in [1.54, 1.807) is 11.8 Å². The fourth-order valence-corrected chi connectivity index (χ4v) is 3.35. The lowest BCUT2D eigenvalue weighted by molar-refractivity contribution is 0.103. The van der Waals surface area contributed by atoms with Crippen molar-refractivity contribution in [3.8, 4) is 0 Å². The molecule has 2 heteroatoms. The van der Waals surface area contributed by atoms with Gasteiger partial charge in [-0.1, -0.05) is 36.4 Å². The zero-order valence-electron chi connectivity index (χ0n) is 9.57. The van der Waals surface area contributed by atoms with E-state index < -0.39 is 0 Å². The van der Waals surface area contributed by atoms with Crippen LogP contribution in [0.25, 0.3) is 0 Å². The highest BCUT2D eigenvalue weighted by molar-refractivity contribution is 7.98. The van der Waals surface area contributed by atoms with Gasteiger partial charge in [0, 0.05) is 21.8 Å². The topological polar surface area (TPSA) is 17.1 Å². The summed E-state index contributed by atoms with van der Waals surface area (Å²) in [6.45, 7) is 2.01. The molecular formula is C15H12OS. The summed E-state index contributed by atoms with van der Waals surface area (Å²) in [5.74, 6) is 1.04. The molecule has 0 N–H and O–H groups in total. The number of benzene rings is 2. The zero-order chi connectivity index (χ0) is 11.8. The molecule has 0 aliphatic carbocycles. The number of hydrogen-bond donors (Lipinski definition) is 0. The smallest absolute Gasteiger partial charge is 0.194 e. The Labute approximate surface area is 105 Å². The number of rotatable bonds is 0. The Morgan fingerprint density at radius 2 is 1.88 bits per heavy atom. The molecule has 1 aliphatic rings. The second-order valence-corrected chi connectivity index (χ2v) is 5.24. The van der Waals surface area contributed by atoms with Crippen LogP contribution in [0.3, 0.4) is 0 Å². The molecular weight excluding hydrogens is 228 g/mol. The number of fused-ring (bicyclic) bond motifs is 2. The minimum Gasteiger partial charge on any atom is -0.289 e. The Hall–Kier alpha value is -1.54. The van der Waals surface area contributed by atoms with E-state index >= 15 is 0 Å². The van der Waals surface area contributed by atoms with Crippen LogP contribution in [-0.4, -0.2) is 5.78 Å². The van der Waals surface area contributed by atoms with E-state index in [4.69, 9.17) is 0 Å². The molecule has 17 heavy (non-hydrogen) atoms. The van der Waals surface area contributed by atoms with Gasteiger partial charge in [-0.3, -0.25) is 4.79 Å². The third kappa shape index (κ3) is 1.69. The lowest BCUT2D eigenvalue weighted by Gasteiger charge is -2.07. The molecule has 1 aliphatic heterocycles. The van der Waals surface area contributed by atoms with Crippen molar-refractivity contribution < 1.29 is 4.79 Å².